The number of nitrogens with one attached hydrogen (secondary N) is 5. The number of rotatable bonds is 31. The number of H-pyrrole nitrogens is 1. The van der Waals surface area contributed by atoms with E-state index >= 15 is 0 Å². The molecule has 2 fully saturated rings. The largest absolute Gasteiger partial charge is 0.476 e. The second-order valence-electron chi connectivity index (χ2n) is 28.2. The number of pyridine rings is 1. The lowest BCUT2D eigenvalue weighted by molar-refractivity contribution is -0.384. The van der Waals surface area contributed by atoms with Gasteiger partial charge in [0.25, 0.3) is 21.6 Å². The highest BCUT2D eigenvalue weighted by Gasteiger charge is 2.45. The Morgan fingerprint density at radius 2 is 1.55 bits per heavy atom. The molecule has 0 bridgehead atoms. The fourth-order valence-corrected chi connectivity index (χ4v) is 15.2. The molecule has 30 heteroatoms. The quantitative estimate of drug-likeness (QED) is 0.0134. The van der Waals surface area contributed by atoms with Crippen LogP contribution in [-0.2, 0) is 48.1 Å². The van der Waals surface area contributed by atoms with Crippen molar-refractivity contribution in [3.8, 4) is 16.3 Å². The Morgan fingerprint density at radius 3 is 2.24 bits per heavy atom. The second kappa shape index (κ2) is 34.7. The molecule has 2 saturated heterocycles. The number of β-amino-alcohol motifs (C(OH)–C–C–N with tert-alkyl or cyclic N) is 1. The van der Waals surface area contributed by atoms with Crippen molar-refractivity contribution in [2.75, 3.05) is 134 Å². The molecule has 0 aliphatic carbocycles. The Morgan fingerprint density at radius 1 is 0.857 bits per heavy atom. The van der Waals surface area contributed by atoms with Gasteiger partial charge in [-0.1, -0.05) is 68.8 Å². The van der Waals surface area contributed by atoms with E-state index < -0.39 is 72.8 Å². The van der Waals surface area contributed by atoms with Crippen LogP contribution in [-0.4, -0.2) is 209 Å². The molecule has 4 aromatic carbocycles. The lowest BCUT2D eigenvalue weighted by Gasteiger charge is -2.39. The SMILES string of the molecule is Cc1ncsc1-c1ccc([C@H](C)NC(=O)[C@@H]2C[C@@H](O)CN2C(=O)[C@@H](NC(=O)CCOCCOCCOCCOCCNc2ccc(S(=O)(=O)NC(=O)c3ccc(N4CCN(CC5=C(c6ccc(Cl)cc6)CC(C)(C)OC5)CC4)cc3N3CCCOc4nc5[nH]ccc5cc43)cc2[N+](=O)[O-])C(C)(C)C)cc1. The predicted molar refractivity (Wildman–Crippen MR) is 402 cm³/mol. The Labute approximate surface area is 620 Å². The summed E-state index contributed by atoms with van der Waals surface area (Å²) in [6, 6.07) is 26.0. The Balaban J connectivity index is 0.605. The summed E-state index contributed by atoms with van der Waals surface area (Å²) in [7, 11) is -4.69. The number of sulfonamides is 1. The van der Waals surface area contributed by atoms with E-state index in [1.165, 1.54) is 28.2 Å². The van der Waals surface area contributed by atoms with Crippen LogP contribution in [0.1, 0.15) is 100 Å². The maximum atomic E-state index is 14.6. The van der Waals surface area contributed by atoms with Crippen LogP contribution < -0.4 is 35.2 Å². The molecule has 0 unspecified atom stereocenters. The van der Waals surface area contributed by atoms with Crippen LogP contribution in [0.15, 0.2) is 119 Å². The molecule has 27 nitrogen and oxygen atoms in total. The van der Waals surface area contributed by atoms with E-state index in [0.717, 1.165) is 70.5 Å². The minimum atomic E-state index is -4.69. The third kappa shape index (κ3) is 19.9. The first-order chi connectivity index (χ1) is 50.3. The molecule has 11 rings (SSSR count). The summed E-state index contributed by atoms with van der Waals surface area (Å²) in [6.45, 7) is 19.9. The summed E-state index contributed by atoms with van der Waals surface area (Å²) < 4.78 is 65.5. The summed E-state index contributed by atoms with van der Waals surface area (Å²) in [5.41, 5.74) is 9.27. The first-order valence-electron chi connectivity index (χ1n) is 35.4. The van der Waals surface area contributed by atoms with E-state index in [1.54, 1.807) is 29.1 Å². The summed E-state index contributed by atoms with van der Waals surface area (Å²) >= 11 is 7.84. The van der Waals surface area contributed by atoms with E-state index in [1.807, 2.05) is 100 Å². The number of aromatic amines is 1. The van der Waals surface area contributed by atoms with E-state index in [9.17, 15) is 42.8 Å². The number of aryl methyl sites for hydroxylation is 1. The minimum absolute atomic E-state index is 0.0355. The zero-order chi connectivity index (χ0) is 74.6. The fraction of sp³-hybridized carbons (Fsp3) is 0.467. The molecule has 0 saturated carbocycles. The highest BCUT2D eigenvalue weighted by atomic mass is 35.5. The summed E-state index contributed by atoms with van der Waals surface area (Å²) in [5.74, 6) is -1.87. The van der Waals surface area contributed by atoms with Gasteiger partial charge >= 0.3 is 0 Å². The number of fused-ring (bicyclic) bond motifs is 2. The molecule has 3 aromatic heterocycles. The van der Waals surface area contributed by atoms with Crippen LogP contribution in [0.4, 0.5) is 28.4 Å². The number of nitro groups is 1. The number of likely N-dealkylation sites (tertiary alicyclic amines) is 1. The van der Waals surface area contributed by atoms with Crippen LogP contribution in [0.3, 0.4) is 0 Å². The Hall–Kier alpha value is -8.62. The topological polar surface area (TPSA) is 324 Å². The van der Waals surface area contributed by atoms with Gasteiger partial charge < -0.3 is 69.2 Å². The average molecular weight is 1500 g/mol. The number of benzene rings is 4. The lowest BCUT2D eigenvalue weighted by atomic mass is 9.85. The van der Waals surface area contributed by atoms with Gasteiger partial charge in [-0.25, -0.2) is 18.1 Å². The molecule has 4 aliphatic rings. The number of anilines is 4. The van der Waals surface area contributed by atoms with Crippen molar-refractivity contribution < 1.29 is 66.0 Å². The van der Waals surface area contributed by atoms with E-state index in [2.05, 4.69) is 66.4 Å². The molecule has 7 aromatic rings. The van der Waals surface area contributed by atoms with Gasteiger partial charge in [0.15, 0.2) is 0 Å². The number of thiazole rings is 1. The van der Waals surface area contributed by atoms with Crippen LogP contribution >= 0.6 is 22.9 Å². The molecule has 105 heavy (non-hydrogen) atoms. The zero-order valence-corrected chi connectivity index (χ0v) is 62.6. The van der Waals surface area contributed by atoms with Crippen LogP contribution in [0.5, 0.6) is 5.88 Å². The zero-order valence-electron chi connectivity index (χ0n) is 60.2. The number of aliphatic hydroxyl groups is 1. The van der Waals surface area contributed by atoms with Crippen molar-refractivity contribution in [2.45, 2.75) is 109 Å². The van der Waals surface area contributed by atoms with Crippen molar-refractivity contribution >= 4 is 102 Å². The molecule has 0 radical (unpaired) electrons. The molecule has 0 spiro atoms. The molecular weight excluding hydrogens is 1410 g/mol. The fourth-order valence-electron chi connectivity index (χ4n) is 13.3. The van der Waals surface area contributed by atoms with Crippen molar-refractivity contribution in [3.05, 3.63) is 152 Å². The lowest BCUT2D eigenvalue weighted by Crippen LogP contribution is -2.58. The number of aliphatic hydroxyl groups excluding tert-OH is 1. The molecule has 4 aliphatic heterocycles. The monoisotopic (exact) mass is 1500 g/mol. The number of aromatic nitrogens is 3. The van der Waals surface area contributed by atoms with Gasteiger partial charge in [-0.05, 0) is 122 Å². The summed E-state index contributed by atoms with van der Waals surface area (Å²) in [4.78, 5) is 88.1. The normalized spacial score (nSPS) is 17.7. The van der Waals surface area contributed by atoms with E-state index in [-0.39, 0.29) is 102 Å². The molecule has 4 atom stereocenters. The van der Waals surface area contributed by atoms with Gasteiger partial charge in [0.1, 0.15) is 29.1 Å². The van der Waals surface area contributed by atoms with Gasteiger partial charge in [0.05, 0.1) is 121 Å². The molecule has 6 N–H and O–H groups in total. The highest BCUT2D eigenvalue weighted by molar-refractivity contribution is 7.90. The number of piperazine rings is 1. The maximum Gasteiger partial charge on any atom is 0.293 e. The number of halogens is 1. The number of amides is 4. The van der Waals surface area contributed by atoms with Gasteiger partial charge in [-0.2, -0.15) is 4.98 Å². The molecular formula is C75H93ClN12O15S2. The summed E-state index contributed by atoms with van der Waals surface area (Å²) in [5, 5.41) is 33.4. The van der Waals surface area contributed by atoms with Gasteiger partial charge in [0.2, 0.25) is 23.6 Å². The van der Waals surface area contributed by atoms with Gasteiger partial charge in [0, 0.05) is 100.0 Å². The van der Waals surface area contributed by atoms with Gasteiger partial charge in [-0.15, -0.1) is 11.3 Å². The predicted octanol–water partition coefficient (Wildman–Crippen LogP) is 9.61. The highest BCUT2D eigenvalue weighted by Crippen LogP contribution is 2.42. The Bertz CT molecular complexity index is 4370. The summed E-state index contributed by atoms with van der Waals surface area (Å²) in [6.07, 6.45) is 2.22. The molecule has 4 amide bonds. The smallest absolute Gasteiger partial charge is 0.293 e. The third-order valence-electron chi connectivity index (χ3n) is 19.0. The van der Waals surface area contributed by atoms with Crippen molar-refractivity contribution in [3.63, 3.8) is 0 Å². The first kappa shape index (κ1) is 77.5. The minimum Gasteiger partial charge on any atom is -0.476 e. The van der Waals surface area contributed by atoms with E-state index in [4.69, 9.17) is 45.0 Å². The Kier molecular flexibility index (Phi) is 25.6. The maximum absolute atomic E-state index is 14.6. The molecule has 562 valence electrons. The van der Waals surface area contributed by atoms with E-state index in [0.29, 0.717) is 67.2 Å². The number of nitro benzene ring substituents is 1. The standard InChI is InChI=1S/C75H93ClN12O15S2/c1-48(50-9-11-52(12-10-50)67-49(2)79-47-104-67)80-71(92)64-41-57(89)45-87(64)73(93)68(74(3,4)5)81-66(90)22-31-98-33-35-100-37-38-101-36-34-99-32-24-77-61-20-18-58(42-63(61)88(94)95)105(96,97)83-70(91)59-19-17-56(40-62(59)86-25-8-30-102-72-65(86)39-53-21-23-78-69(53)82-72)85-28-26-84(27-29-85)44-54-46-103-75(6,7)43-60(54)51-13-15-55(76)16-14-51/h9-21,23,39-40,42,47-48,57,64,68,77,89H,8,22,24-38,41,43-46H2,1-7H3,(H,78,82)(H,80,92)(H,81,90)(H,83,91)/t48-,57+,64-,68+/m0/s1. The third-order valence-corrected chi connectivity index (χ3v) is 21.5. The van der Waals surface area contributed by atoms with Crippen LogP contribution in [0, 0.1) is 22.5 Å². The number of carbonyl (C=O) groups excluding carboxylic acids is 4. The number of nitrogens with zero attached hydrogens (tertiary/aromatic N) is 7. The first-order valence-corrected chi connectivity index (χ1v) is 38.1. The number of carbonyl (C=O) groups is 4. The van der Waals surface area contributed by atoms with Gasteiger partial charge in [-0.3, -0.25) is 34.2 Å². The average Bonchev–Trinajstić information content (AvgIpc) is 1.76. The van der Waals surface area contributed by atoms with Crippen molar-refractivity contribution in [2.24, 2.45) is 5.41 Å². The second-order valence-corrected chi connectivity index (χ2v) is 31.2. The van der Waals surface area contributed by atoms with Crippen LogP contribution in [0.25, 0.3) is 27.0 Å². The van der Waals surface area contributed by atoms with Crippen molar-refractivity contribution in [1.29, 1.82) is 0 Å². The number of hydrogen-bond acceptors (Lipinski definition) is 22. The number of ether oxygens (including phenoxy) is 6. The van der Waals surface area contributed by atoms with Crippen molar-refractivity contribution in [1.82, 2.24) is 40.1 Å². The van der Waals surface area contributed by atoms with Crippen LogP contribution in [0.2, 0.25) is 5.02 Å². The number of hydrogen-bond donors (Lipinski definition) is 6. The molecule has 7 heterocycles.